The van der Waals surface area contributed by atoms with E-state index in [4.69, 9.17) is 18.9 Å². The summed E-state index contributed by atoms with van der Waals surface area (Å²) in [5.74, 6) is 2.60. The average Bonchev–Trinajstić information content (AvgIpc) is 2.95. The summed E-state index contributed by atoms with van der Waals surface area (Å²) in [4.78, 5) is 11.0. The van der Waals surface area contributed by atoms with Gasteiger partial charge in [0.15, 0.2) is 6.79 Å². The molecule has 0 aromatic heterocycles. The second-order valence-corrected chi connectivity index (χ2v) is 11.6. The lowest BCUT2D eigenvalue weighted by molar-refractivity contribution is -0.137. The van der Waals surface area contributed by atoms with Crippen LogP contribution in [0.3, 0.4) is 0 Å². The lowest BCUT2D eigenvalue weighted by Gasteiger charge is -2.38. The Labute approximate surface area is 234 Å². The Hall–Kier alpha value is -1.33. The van der Waals surface area contributed by atoms with Gasteiger partial charge in [-0.1, -0.05) is 83.8 Å². The Morgan fingerprint density at radius 3 is 1.84 bits per heavy atom. The largest absolute Gasteiger partial charge is 0.476 e. The SMILES string of the molecule is C=COCOCCCCCCCCOC1CCC(C2CCC(CCCCCCCOC(=O)C=C)CC2)CC1. The molecule has 5 heteroatoms. The Morgan fingerprint density at radius 1 is 0.658 bits per heavy atom. The number of rotatable bonds is 23. The number of carbonyl (C=O) groups excluding carboxylic acids is 1. The normalized spacial score (nSPS) is 23.6. The van der Waals surface area contributed by atoms with Gasteiger partial charge in [-0.2, -0.15) is 0 Å². The predicted octanol–water partition coefficient (Wildman–Crippen LogP) is 8.91. The summed E-state index contributed by atoms with van der Waals surface area (Å²) in [7, 11) is 0. The van der Waals surface area contributed by atoms with Crippen molar-refractivity contribution < 1.29 is 23.7 Å². The van der Waals surface area contributed by atoms with Crippen LogP contribution in [0.25, 0.3) is 0 Å². The van der Waals surface area contributed by atoms with Gasteiger partial charge in [0.25, 0.3) is 0 Å². The van der Waals surface area contributed by atoms with E-state index in [0.29, 0.717) is 19.5 Å². The molecule has 5 nitrogen and oxygen atoms in total. The Balaban J connectivity index is 1.36. The molecule has 0 atom stereocenters. The fraction of sp³-hybridized carbons (Fsp3) is 0.848. The molecule has 38 heavy (non-hydrogen) atoms. The first-order chi connectivity index (χ1) is 18.7. The highest BCUT2D eigenvalue weighted by molar-refractivity contribution is 5.81. The third-order valence-electron chi connectivity index (χ3n) is 8.75. The first-order valence-corrected chi connectivity index (χ1v) is 15.9. The molecule has 2 aliphatic rings. The van der Waals surface area contributed by atoms with E-state index in [1.807, 2.05) is 0 Å². The number of hydrogen-bond acceptors (Lipinski definition) is 5. The van der Waals surface area contributed by atoms with Gasteiger partial charge < -0.3 is 18.9 Å². The van der Waals surface area contributed by atoms with Crippen LogP contribution in [0, 0.1) is 17.8 Å². The summed E-state index contributed by atoms with van der Waals surface area (Å²) in [6, 6.07) is 0. The molecular formula is C33H58O5. The van der Waals surface area contributed by atoms with Crippen molar-refractivity contribution in [1.82, 2.24) is 0 Å². The van der Waals surface area contributed by atoms with Crippen molar-refractivity contribution in [2.75, 3.05) is 26.6 Å². The van der Waals surface area contributed by atoms with Gasteiger partial charge >= 0.3 is 5.97 Å². The van der Waals surface area contributed by atoms with Crippen LogP contribution in [0.5, 0.6) is 0 Å². The molecule has 0 aromatic rings. The molecule has 2 fully saturated rings. The molecule has 0 bridgehead atoms. The van der Waals surface area contributed by atoms with Crippen molar-refractivity contribution in [2.24, 2.45) is 17.8 Å². The van der Waals surface area contributed by atoms with Gasteiger partial charge in [0, 0.05) is 12.7 Å². The van der Waals surface area contributed by atoms with E-state index >= 15 is 0 Å². The molecule has 220 valence electrons. The molecule has 0 radical (unpaired) electrons. The van der Waals surface area contributed by atoms with Crippen molar-refractivity contribution in [3.8, 4) is 0 Å². The molecule has 2 rings (SSSR count). The van der Waals surface area contributed by atoms with Crippen LogP contribution in [-0.4, -0.2) is 38.7 Å². The Morgan fingerprint density at radius 2 is 1.21 bits per heavy atom. The van der Waals surface area contributed by atoms with Crippen molar-refractivity contribution in [1.29, 1.82) is 0 Å². The predicted molar refractivity (Wildman–Crippen MR) is 156 cm³/mol. The number of ether oxygens (including phenoxy) is 4. The Bertz CT molecular complexity index is 590. The molecule has 0 saturated heterocycles. The summed E-state index contributed by atoms with van der Waals surface area (Å²) in [5.41, 5.74) is 0. The topological polar surface area (TPSA) is 54.0 Å². The zero-order valence-corrected chi connectivity index (χ0v) is 24.4. The zero-order valence-electron chi connectivity index (χ0n) is 24.4. The molecule has 0 aromatic carbocycles. The van der Waals surface area contributed by atoms with E-state index in [1.165, 1.54) is 121 Å². The van der Waals surface area contributed by atoms with Crippen LogP contribution < -0.4 is 0 Å². The minimum atomic E-state index is -0.301. The van der Waals surface area contributed by atoms with Crippen LogP contribution in [0.1, 0.15) is 128 Å². The van der Waals surface area contributed by atoms with Crippen molar-refractivity contribution in [3.05, 3.63) is 25.5 Å². The molecule has 0 unspecified atom stereocenters. The maximum atomic E-state index is 11.0. The summed E-state index contributed by atoms with van der Waals surface area (Å²) >= 11 is 0. The second-order valence-electron chi connectivity index (χ2n) is 11.6. The fourth-order valence-corrected chi connectivity index (χ4v) is 6.39. The Kier molecular flexibility index (Phi) is 19.5. The second kappa shape index (κ2) is 22.5. The standard InChI is InChI=1S/C33H58O5/c1-3-33(34)38-27-15-11-7-8-12-16-29-17-19-30(20-18-29)31-21-23-32(24-22-31)37-26-14-10-6-5-9-13-25-36-28-35-4-2/h3-4,29-32H,1-2,5-28H2. The maximum absolute atomic E-state index is 11.0. The van der Waals surface area contributed by atoms with E-state index in [9.17, 15) is 4.79 Å². The van der Waals surface area contributed by atoms with Crippen molar-refractivity contribution in [2.45, 2.75) is 135 Å². The minimum absolute atomic E-state index is 0.301. The molecular weight excluding hydrogens is 476 g/mol. The molecule has 0 N–H and O–H groups in total. The van der Waals surface area contributed by atoms with Crippen LogP contribution >= 0.6 is 0 Å². The van der Waals surface area contributed by atoms with Gasteiger partial charge in [-0.15, -0.1) is 0 Å². The van der Waals surface area contributed by atoms with Gasteiger partial charge in [0.2, 0.25) is 0 Å². The van der Waals surface area contributed by atoms with Gasteiger partial charge in [-0.05, 0) is 75.5 Å². The van der Waals surface area contributed by atoms with Gasteiger partial charge in [0.1, 0.15) is 0 Å². The van der Waals surface area contributed by atoms with E-state index in [0.717, 1.165) is 50.2 Å². The monoisotopic (exact) mass is 534 g/mol. The number of unbranched alkanes of at least 4 members (excludes halogenated alkanes) is 9. The van der Waals surface area contributed by atoms with E-state index < -0.39 is 0 Å². The van der Waals surface area contributed by atoms with E-state index in [-0.39, 0.29) is 5.97 Å². The number of carbonyl (C=O) groups is 1. The summed E-state index contributed by atoms with van der Waals surface area (Å²) in [6.07, 6.45) is 29.3. The lowest BCUT2D eigenvalue weighted by atomic mass is 9.70. The third kappa shape index (κ3) is 15.9. The molecule has 2 aliphatic carbocycles. The maximum Gasteiger partial charge on any atom is 0.330 e. The smallest absolute Gasteiger partial charge is 0.330 e. The summed E-state index contributed by atoms with van der Waals surface area (Å²) in [5, 5.41) is 0. The van der Waals surface area contributed by atoms with Crippen molar-refractivity contribution >= 4 is 5.97 Å². The van der Waals surface area contributed by atoms with Crippen LogP contribution in [0.15, 0.2) is 25.5 Å². The number of esters is 1. The van der Waals surface area contributed by atoms with Gasteiger partial charge in [0.05, 0.1) is 25.6 Å². The first kappa shape index (κ1) is 32.9. The molecule has 0 spiro atoms. The highest BCUT2D eigenvalue weighted by Crippen LogP contribution is 2.41. The van der Waals surface area contributed by atoms with Crippen LogP contribution in [0.2, 0.25) is 0 Å². The van der Waals surface area contributed by atoms with Crippen molar-refractivity contribution in [3.63, 3.8) is 0 Å². The first-order valence-electron chi connectivity index (χ1n) is 15.9. The lowest BCUT2D eigenvalue weighted by Crippen LogP contribution is -2.28. The fourth-order valence-electron chi connectivity index (χ4n) is 6.39. The van der Waals surface area contributed by atoms with Crippen LogP contribution in [-0.2, 0) is 23.7 Å². The molecule has 0 aliphatic heterocycles. The molecule has 0 amide bonds. The number of hydrogen-bond donors (Lipinski definition) is 0. The molecule has 2 saturated carbocycles. The summed E-state index contributed by atoms with van der Waals surface area (Å²) < 4.78 is 21.6. The summed E-state index contributed by atoms with van der Waals surface area (Å²) in [6.45, 7) is 9.51. The van der Waals surface area contributed by atoms with E-state index in [1.54, 1.807) is 0 Å². The van der Waals surface area contributed by atoms with Gasteiger partial charge in [-0.25, -0.2) is 4.79 Å². The highest BCUT2D eigenvalue weighted by Gasteiger charge is 2.30. The minimum Gasteiger partial charge on any atom is -0.476 e. The quantitative estimate of drug-likeness (QED) is 0.0430. The third-order valence-corrected chi connectivity index (χ3v) is 8.75. The van der Waals surface area contributed by atoms with E-state index in [2.05, 4.69) is 13.2 Å². The zero-order chi connectivity index (χ0) is 27.1. The molecule has 0 heterocycles. The average molecular weight is 535 g/mol. The van der Waals surface area contributed by atoms with Gasteiger partial charge in [-0.3, -0.25) is 0 Å². The van der Waals surface area contributed by atoms with Crippen LogP contribution in [0.4, 0.5) is 0 Å². The highest BCUT2D eigenvalue weighted by atomic mass is 16.7.